The molecular formula is C10H11NO6. The summed E-state index contributed by atoms with van der Waals surface area (Å²) in [7, 11) is 2.71. The molecular weight excluding hydrogens is 230 g/mol. The maximum absolute atomic E-state index is 10.8. The van der Waals surface area contributed by atoms with Crippen molar-refractivity contribution in [3.8, 4) is 11.5 Å². The van der Waals surface area contributed by atoms with E-state index in [-0.39, 0.29) is 29.5 Å². The lowest BCUT2D eigenvalue weighted by Gasteiger charge is -2.09. The number of hydrogen-bond donors (Lipinski definition) is 0. The number of benzene rings is 1. The van der Waals surface area contributed by atoms with Crippen molar-refractivity contribution >= 4 is 12.0 Å². The summed E-state index contributed by atoms with van der Waals surface area (Å²) in [4.78, 5) is 20.9. The van der Waals surface area contributed by atoms with E-state index in [4.69, 9.17) is 9.47 Å². The van der Waals surface area contributed by atoms with E-state index >= 15 is 0 Å². The highest BCUT2D eigenvalue weighted by atomic mass is 16.7. The van der Waals surface area contributed by atoms with E-state index in [2.05, 4.69) is 4.74 Å². The maximum Gasteiger partial charge on any atom is 0.311 e. The first-order valence-electron chi connectivity index (χ1n) is 4.57. The van der Waals surface area contributed by atoms with Gasteiger partial charge in [0.2, 0.25) is 5.75 Å². The molecule has 0 unspecified atom stereocenters. The lowest BCUT2D eigenvalue weighted by atomic mass is 10.2. The van der Waals surface area contributed by atoms with Crippen LogP contribution >= 0.6 is 0 Å². The van der Waals surface area contributed by atoms with Crippen LogP contribution in [0.25, 0.3) is 0 Å². The van der Waals surface area contributed by atoms with E-state index in [1.165, 1.54) is 20.3 Å². The zero-order valence-corrected chi connectivity index (χ0v) is 9.34. The van der Waals surface area contributed by atoms with Crippen molar-refractivity contribution in [2.24, 2.45) is 0 Å². The zero-order chi connectivity index (χ0) is 12.8. The van der Waals surface area contributed by atoms with Crippen LogP contribution in [0.3, 0.4) is 0 Å². The van der Waals surface area contributed by atoms with E-state index in [0.717, 1.165) is 6.07 Å². The summed E-state index contributed by atoms with van der Waals surface area (Å²) < 4.78 is 14.6. The molecule has 1 aromatic carbocycles. The first-order valence-corrected chi connectivity index (χ1v) is 4.57. The molecule has 0 saturated carbocycles. The number of methoxy groups -OCH3 is 2. The number of nitro benzene ring substituents is 1. The molecule has 0 bridgehead atoms. The Balaban J connectivity index is 3.22. The topological polar surface area (TPSA) is 87.9 Å². The third-order valence-corrected chi connectivity index (χ3v) is 1.97. The summed E-state index contributed by atoms with van der Waals surface area (Å²) in [6.45, 7) is -0.0677. The third kappa shape index (κ3) is 2.91. The Hall–Kier alpha value is -2.15. The average molecular weight is 241 g/mol. The normalized spacial score (nSPS) is 9.76. The second-order valence-electron chi connectivity index (χ2n) is 2.99. The zero-order valence-electron chi connectivity index (χ0n) is 9.34. The quantitative estimate of drug-likeness (QED) is 0.323. The summed E-state index contributed by atoms with van der Waals surface area (Å²) in [5, 5.41) is 10.7. The number of nitrogens with zero attached hydrogens (tertiary/aromatic N) is 1. The lowest BCUT2D eigenvalue weighted by molar-refractivity contribution is -0.385. The van der Waals surface area contributed by atoms with E-state index < -0.39 is 4.92 Å². The largest absolute Gasteiger partial charge is 0.490 e. The molecule has 1 aromatic rings. The molecule has 92 valence electrons. The smallest absolute Gasteiger partial charge is 0.311 e. The molecule has 0 aromatic heterocycles. The molecule has 0 aliphatic rings. The Bertz CT molecular complexity index is 431. The van der Waals surface area contributed by atoms with Crippen LogP contribution in [0.4, 0.5) is 5.69 Å². The minimum atomic E-state index is -0.633. The van der Waals surface area contributed by atoms with Crippen molar-refractivity contribution in [1.29, 1.82) is 0 Å². The molecule has 0 radical (unpaired) electrons. The molecule has 7 nitrogen and oxygen atoms in total. The van der Waals surface area contributed by atoms with Gasteiger partial charge in [0, 0.05) is 19.2 Å². The van der Waals surface area contributed by atoms with Crippen LogP contribution < -0.4 is 9.47 Å². The molecule has 0 N–H and O–H groups in total. The van der Waals surface area contributed by atoms with Crippen LogP contribution in [-0.2, 0) is 4.74 Å². The predicted octanol–water partition coefficient (Wildman–Crippen LogP) is 1.40. The molecule has 17 heavy (non-hydrogen) atoms. The van der Waals surface area contributed by atoms with Crippen molar-refractivity contribution in [1.82, 2.24) is 0 Å². The molecule has 0 fully saturated rings. The number of hydrogen-bond acceptors (Lipinski definition) is 6. The Morgan fingerprint density at radius 1 is 1.35 bits per heavy atom. The van der Waals surface area contributed by atoms with Gasteiger partial charge in [-0.3, -0.25) is 14.9 Å². The van der Waals surface area contributed by atoms with Crippen LogP contribution in [0.1, 0.15) is 10.4 Å². The monoisotopic (exact) mass is 241 g/mol. The van der Waals surface area contributed by atoms with Gasteiger partial charge in [0.15, 0.2) is 13.1 Å². The lowest BCUT2D eigenvalue weighted by Crippen LogP contribution is -2.03. The van der Waals surface area contributed by atoms with Crippen LogP contribution in [0.5, 0.6) is 11.5 Å². The molecule has 0 amide bonds. The summed E-state index contributed by atoms with van der Waals surface area (Å²) >= 11 is 0. The number of aldehydes is 1. The second kappa shape index (κ2) is 5.80. The summed E-state index contributed by atoms with van der Waals surface area (Å²) in [5.74, 6) is 0.191. The second-order valence-corrected chi connectivity index (χ2v) is 2.99. The average Bonchev–Trinajstić information content (AvgIpc) is 2.34. The van der Waals surface area contributed by atoms with E-state index in [9.17, 15) is 14.9 Å². The number of nitro groups is 1. The third-order valence-electron chi connectivity index (χ3n) is 1.97. The Kier molecular flexibility index (Phi) is 4.41. The molecule has 0 aliphatic heterocycles. The molecule has 0 aliphatic carbocycles. The van der Waals surface area contributed by atoms with Crippen molar-refractivity contribution in [3.05, 3.63) is 27.8 Å². The van der Waals surface area contributed by atoms with Gasteiger partial charge in [-0.05, 0) is 0 Å². The number of rotatable bonds is 6. The fourth-order valence-electron chi connectivity index (χ4n) is 1.21. The molecule has 7 heteroatoms. The Morgan fingerprint density at radius 2 is 2.06 bits per heavy atom. The van der Waals surface area contributed by atoms with Crippen LogP contribution in [0, 0.1) is 10.1 Å². The summed E-state index contributed by atoms with van der Waals surface area (Å²) in [6.07, 6.45) is 0.470. The van der Waals surface area contributed by atoms with Crippen LogP contribution in [-0.4, -0.2) is 32.2 Å². The van der Waals surface area contributed by atoms with Crippen molar-refractivity contribution in [2.75, 3.05) is 21.0 Å². The van der Waals surface area contributed by atoms with Crippen LogP contribution in [0.2, 0.25) is 0 Å². The first-order chi connectivity index (χ1) is 8.13. The van der Waals surface area contributed by atoms with E-state index in [0.29, 0.717) is 6.29 Å². The number of ether oxygens (including phenoxy) is 3. The highest BCUT2D eigenvalue weighted by Gasteiger charge is 2.19. The maximum atomic E-state index is 10.8. The number of carbonyl (C=O) groups is 1. The number of carbonyl (C=O) groups excluding carboxylic acids is 1. The molecule has 0 heterocycles. The van der Waals surface area contributed by atoms with Crippen molar-refractivity contribution in [3.63, 3.8) is 0 Å². The van der Waals surface area contributed by atoms with E-state index in [1.807, 2.05) is 0 Å². The van der Waals surface area contributed by atoms with Crippen molar-refractivity contribution < 1.29 is 23.9 Å². The highest BCUT2D eigenvalue weighted by Crippen LogP contribution is 2.33. The van der Waals surface area contributed by atoms with Gasteiger partial charge in [0.25, 0.3) is 0 Å². The summed E-state index contributed by atoms with van der Waals surface area (Å²) in [6, 6.07) is 2.37. The van der Waals surface area contributed by atoms with Gasteiger partial charge >= 0.3 is 5.69 Å². The standard InChI is InChI=1S/C10H11NO6/c1-15-6-17-9-4-10(16-2)8(11(13)14)3-7(9)5-12/h3-5H,6H2,1-2H3. The first kappa shape index (κ1) is 12.9. The molecule has 0 saturated heterocycles. The van der Waals surface area contributed by atoms with Crippen molar-refractivity contribution in [2.45, 2.75) is 0 Å². The Labute approximate surface area is 97.0 Å². The van der Waals surface area contributed by atoms with Gasteiger partial charge in [-0.1, -0.05) is 0 Å². The molecule has 0 atom stereocenters. The van der Waals surface area contributed by atoms with Gasteiger partial charge < -0.3 is 14.2 Å². The molecule has 0 spiro atoms. The SMILES string of the molecule is COCOc1cc(OC)c([N+](=O)[O-])cc1C=O. The Morgan fingerprint density at radius 3 is 2.53 bits per heavy atom. The minimum absolute atomic E-state index is 0.0201. The van der Waals surface area contributed by atoms with Gasteiger partial charge in [-0.2, -0.15) is 0 Å². The van der Waals surface area contributed by atoms with Gasteiger partial charge in [-0.25, -0.2) is 0 Å². The van der Waals surface area contributed by atoms with Gasteiger partial charge in [-0.15, -0.1) is 0 Å². The van der Waals surface area contributed by atoms with Gasteiger partial charge in [0.05, 0.1) is 17.6 Å². The highest BCUT2D eigenvalue weighted by molar-refractivity contribution is 5.82. The summed E-state index contributed by atoms with van der Waals surface area (Å²) in [5.41, 5.74) is -0.228. The fraction of sp³-hybridized carbons (Fsp3) is 0.300. The van der Waals surface area contributed by atoms with Gasteiger partial charge in [0.1, 0.15) is 5.75 Å². The minimum Gasteiger partial charge on any atom is -0.490 e. The molecule has 1 rings (SSSR count). The van der Waals surface area contributed by atoms with E-state index in [1.54, 1.807) is 0 Å². The van der Waals surface area contributed by atoms with Crippen LogP contribution in [0.15, 0.2) is 12.1 Å². The predicted molar refractivity (Wildman–Crippen MR) is 57.5 cm³/mol. The fourth-order valence-corrected chi connectivity index (χ4v) is 1.21.